The van der Waals surface area contributed by atoms with Crippen LogP contribution in [0.3, 0.4) is 0 Å². The van der Waals surface area contributed by atoms with Crippen LogP contribution in [0.5, 0.6) is 0 Å². The average Bonchev–Trinajstić information content (AvgIpc) is 2.47. The Morgan fingerprint density at radius 1 is 0.692 bits per heavy atom. The largest absolute Gasteiger partial charge is 0.244 e. The second-order valence-corrected chi connectivity index (χ2v) is 9.95. The van der Waals surface area contributed by atoms with E-state index in [-0.39, 0.29) is 41.4 Å². The molecular formula is C24H48F2. The Labute approximate surface area is 163 Å². The van der Waals surface area contributed by atoms with E-state index in [1.807, 2.05) is 20.8 Å². The molecule has 0 aromatic carbocycles. The molecule has 0 heterocycles. The molecule has 0 saturated heterocycles. The predicted molar refractivity (Wildman–Crippen MR) is 113 cm³/mol. The summed E-state index contributed by atoms with van der Waals surface area (Å²) >= 11 is 0. The summed E-state index contributed by atoms with van der Waals surface area (Å²) in [7, 11) is 0. The van der Waals surface area contributed by atoms with E-state index >= 15 is 8.78 Å². The minimum absolute atomic E-state index is 0.00136. The van der Waals surface area contributed by atoms with Gasteiger partial charge in [-0.15, -0.1) is 0 Å². The van der Waals surface area contributed by atoms with Gasteiger partial charge in [-0.3, -0.25) is 0 Å². The molecule has 6 unspecified atom stereocenters. The Morgan fingerprint density at radius 2 is 1.15 bits per heavy atom. The zero-order chi connectivity index (χ0) is 20.9. The summed E-state index contributed by atoms with van der Waals surface area (Å²) in [5.41, 5.74) is -2.34. The first-order valence-corrected chi connectivity index (χ1v) is 11.2. The topological polar surface area (TPSA) is 0 Å². The van der Waals surface area contributed by atoms with Crippen LogP contribution >= 0.6 is 0 Å². The predicted octanol–water partition coefficient (Wildman–Crippen LogP) is 8.50. The van der Waals surface area contributed by atoms with Crippen molar-refractivity contribution >= 4 is 0 Å². The van der Waals surface area contributed by atoms with Crippen LogP contribution in [-0.2, 0) is 0 Å². The Morgan fingerprint density at radius 3 is 1.46 bits per heavy atom. The summed E-state index contributed by atoms with van der Waals surface area (Å²) in [6.07, 6.45) is 3.51. The number of alkyl halides is 2. The van der Waals surface area contributed by atoms with Crippen molar-refractivity contribution in [3.63, 3.8) is 0 Å². The highest BCUT2D eigenvalue weighted by Gasteiger charge is 2.45. The van der Waals surface area contributed by atoms with E-state index in [0.29, 0.717) is 0 Å². The van der Waals surface area contributed by atoms with E-state index in [4.69, 9.17) is 0 Å². The maximum absolute atomic E-state index is 15.8. The van der Waals surface area contributed by atoms with Gasteiger partial charge < -0.3 is 0 Å². The lowest BCUT2D eigenvalue weighted by atomic mass is 9.64. The molecule has 0 radical (unpaired) electrons. The zero-order valence-corrected chi connectivity index (χ0v) is 19.6. The third kappa shape index (κ3) is 5.93. The lowest BCUT2D eigenvalue weighted by molar-refractivity contribution is -0.0311. The summed E-state index contributed by atoms with van der Waals surface area (Å²) in [6, 6.07) is 0. The molecule has 0 amide bonds. The van der Waals surface area contributed by atoms with Gasteiger partial charge in [0.15, 0.2) is 0 Å². The van der Waals surface area contributed by atoms with Gasteiger partial charge in [-0.1, -0.05) is 81.6 Å². The van der Waals surface area contributed by atoms with E-state index < -0.39 is 11.3 Å². The summed E-state index contributed by atoms with van der Waals surface area (Å²) in [5.74, 6) is 0.919. The second kappa shape index (κ2) is 10.4. The standard InChI is InChI=1S/C24H48F2/c1-12-20(13-2)24(11,26)21(14-3)18(8)15-19(9)22(16(4)5)23(10,25)17(6)7/h16-22H,12-15H2,1-11H3. The Hall–Kier alpha value is -0.140. The monoisotopic (exact) mass is 374 g/mol. The van der Waals surface area contributed by atoms with E-state index in [1.165, 1.54) is 0 Å². The normalized spacial score (nSPS) is 22.2. The highest BCUT2D eigenvalue weighted by Crippen LogP contribution is 2.46. The first kappa shape index (κ1) is 25.9. The van der Waals surface area contributed by atoms with Crippen molar-refractivity contribution in [1.29, 1.82) is 0 Å². The molecular weight excluding hydrogens is 326 g/mol. The van der Waals surface area contributed by atoms with E-state index in [2.05, 4.69) is 48.5 Å². The van der Waals surface area contributed by atoms with E-state index in [1.54, 1.807) is 6.92 Å². The van der Waals surface area contributed by atoms with Crippen molar-refractivity contribution in [2.45, 2.75) is 113 Å². The highest BCUT2D eigenvalue weighted by atomic mass is 19.1. The van der Waals surface area contributed by atoms with Crippen LogP contribution in [0, 0.1) is 41.4 Å². The molecule has 0 bridgehead atoms. The molecule has 0 aromatic rings. The van der Waals surface area contributed by atoms with Crippen LogP contribution < -0.4 is 0 Å². The maximum Gasteiger partial charge on any atom is 0.114 e. The molecule has 158 valence electrons. The van der Waals surface area contributed by atoms with Crippen LogP contribution in [0.2, 0.25) is 0 Å². The fourth-order valence-electron chi connectivity index (χ4n) is 5.89. The van der Waals surface area contributed by atoms with E-state index in [0.717, 1.165) is 25.7 Å². The number of hydrogen-bond donors (Lipinski definition) is 0. The van der Waals surface area contributed by atoms with Crippen LogP contribution in [-0.4, -0.2) is 11.3 Å². The fraction of sp³-hybridized carbons (Fsp3) is 1.00. The van der Waals surface area contributed by atoms with Gasteiger partial charge in [0, 0.05) is 0 Å². The molecule has 0 saturated carbocycles. The third-order valence-electron chi connectivity index (χ3n) is 7.49. The summed E-state index contributed by atoms with van der Waals surface area (Å²) < 4.78 is 31.3. The first-order chi connectivity index (χ1) is 11.8. The Balaban J connectivity index is 5.45. The summed E-state index contributed by atoms with van der Waals surface area (Å²) in [5, 5.41) is 0. The molecule has 0 N–H and O–H groups in total. The second-order valence-electron chi connectivity index (χ2n) is 9.95. The Kier molecular flexibility index (Phi) is 10.4. The lowest BCUT2D eigenvalue weighted by Gasteiger charge is -2.44. The average molecular weight is 375 g/mol. The van der Waals surface area contributed by atoms with Crippen molar-refractivity contribution in [3.8, 4) is 0 Å². The molecule has 26 heavy (non-hydrogen) atoms. The Bertz CT molecular complexity index is 380. The van der Waals surface area contributed by atoms with Crippen LogP contribution in [0.15, 0.2) is 0 Å². The van der Waals surface area contributed by atoms with Crippen molar-refractivity contribution < 1.29 is 8.78 Å². The molecule has 0 spiro atoms. The zero-order valence-electron chi connectivity index (χ0n) is 19.6. The molecule has 0 rings (SSSR count). The van der Waals surface area contributed by atoms with Gasteiger partial charge in [0.1, 0.15) is 11.3 Å². The molecule has 0 aliphatic carbocycles. The van der Waals surface area contributed by atoms with Gasteiger partial charge in [0.25, 0.3) is 0 Å². The van der Waals surface area contributed by atoms with Crippen molar-refractivity contribution in [2.24, 2.45) is 41.4 Å². The number of rotatable bonds is 12. The van der Waals surface area contributed by atoms with Crippen molar-refractivity contribution in [3.05, 3.63) is 0 Å². The van der Waals surface area contributed by atoms with Crippen LogP contribution in [0.1, 0.15) is 102 Å². The smallest absolute Gasteiger partial charge is 0.114 e. The summed E-state index contributed by atoms with van der Waals surface area (Å²) in [4.78, 5) is 0. The summed E-state index contributed by atoms with van der Waals surface area (Å²) in [6.45, 7) is 22.5. The van der Waals surface area contributed by atoms with Crippen molar-refractivity contribution in [1.82, 2.24) is 0 Å². The first-order valence-electron chi connectivity index (χ1n) is 11.2. The van der Waals surface area contributed by atoms with Gasteiger partial charge in [-0.05, 0) is 61.7 Å². The molecule has 0 aromatic heterocycles. The minimum Gasteiger partial charge on any atom is -0.244 e. The molecule has 2 heteroatoms. The van der Waals surface area contributed by atoms with Gasteiger partial charge >= 0.3 is 0 Å². The molecule has 0 fully saturated rings. The molecule has 6 atom stereocenters. The molecule has 0 aliphatic heterocycles. The number of hydrogen-bond acceptors (Lipinski definition) is 0. The van der Waals surface area contributed by atoms with Crippen LogP contribution in [0.4, 0.5) is 8.78 Å². The molecule has 0 nitrogen and oxygen atoms in total. The highest BCUT2D eigenvalue weighted by molar-refractivity contribution is 4.94. The third-order valence-corrected chi connectivity index (χ3v) is 7.49. The van der Waals surface area contributed by atoms with Gasteiger partial charge in [0.05, 0.1) is 0 Å². The lowest BCUT2D eigenvalue weighted by Crippen LogP contribution is -2.44. The minimum atomic E-state index is -1.19. The molecule has 0 aliphatic rings. The SMILES string of the molecule is CCC(CC)C(C)(F)C(CC)C(C)CC(C)C(C(C)C)C(C)(F)C(C)C. The van der Waals surface area contributed by atoms with Gasteiger partial charge in [0.2, 0.25) is 0 Å². The maximum atomic E-state index is 15.8. The van der Waals surface area contributed by atoms with Gasteiger partial charge in [-0.2, -0.15) is 0 Å². The fourth-order valence-corrected chi connectivity index (χ4v) is 5.89. The quantitative estimate of drug-likeness (QED) is 0.321. The number of halogens is 2. The van der Waals surface area contributed by atoms with Gasteiger partial charge in [-0.25, -0.2) is 8.78 Å². The van der Waals surface area contributed by atoms with Crippen LogP contribution in [0.25, 0.3) is 0 Å². The van der Waals surface area contributed by atoms with E-state index in [9.17, 15) is 0 Å². The van der Waals surface area contributed by atoms with Crippen molar-refractivity contribution in [2.75, 3.05) is 0 Å².